The van der Waals surface area contributed by atoms with E-state index in [9.17, 15) is 5.11 Å². The molecule has 3 aliphatic heterocycles. The predicted molar refractivity (Wildman–Crippen MR) is 102 cm³/mol. The second kappa shape index (κ2) is 7.94. The van der Waals surface area contributed by atoms with Crippen molar-refractivity contribution in [2.24, 2.45) is 4.99 Å². The molecule has 0 amide bonds. The van der Waals surface area contributed by atoms with Crippen LogP contribution in [-0.4, -0.2) is 68.3 Å². The van der Waals surface area contributed by atoms with Gasteiger partial charge in [-0.1, -0.05) is 6.07 Å². The van der Waals surface area contributed by atoms with Gasteiger partial charge in [0.1, 0.15) is 0 Å². The van der Waals surface area contributed by atoms with Gasteiger partial charge in [0.15, 0.2) is 17.5 Å². The van der Waals surface area contributed by atoms with Crippen LogP contribution in [0, 0.1) is 0 Å². The van der Waals surface area contributed by atoms with Crippen LogP contribution in [0.4, 0.5) is 0 Å². The average Bonchev–Trinajstić information content (AvgIpc) is 3.34. The van der Waals surface area contributed by atoms with Crippen LogP contribution in [-0.2, 0) is 10.2 Å². The molecular formula is C20H29N3O4. The van der Waals surface area contributed by atoms with Crippen molar-refractivity contribution < 1.29 is 19.3 Å². The number of aliphatic hydroxyl groups excluding tert-OH is 1. The van der Waals surface area contributed by atoms with Crippen LogP contribution in [0.5, 0.6) is 11.5 Å². The van der Waals surface area contributed by atoms with Gasteiger partial charge in [0.2, 0.25) is 6.79 Å². The normalized spacial score (nSPS) is 24.3. The van der Waals surface area contributed by atoms with Gasteiger partial charge in [-0.2, -0.15) is 0 Å². The number of likely N-dealkylation sites (tertiary alicyclic amines) is 1. The van der Waals surface area contributed by atoms with E-state index < -0.39 is 0 Å². The Morgan fingerprint density at radius 2 is 2.11 bits per heavy atom. The van der Waals surface area contributed by atoms with E-state index in [1.54, 1.807) is 0 Å². The zero-order chi connectivity index (χ0) is 18.7. The third-order valence-corrected chi connectivity index (χ3v) is 5.76. The zero-order valence-electron chi connectivity index (χ0n) is 15.9. The van der Waals surface area contributed by atoms with E-state index in [2.05, 4.69) is 29.3 Å². The molecule has 0 spiro atoms. The van der Waals surface area contributed by atoms with E-state index in [0.717, 1.165) is 63.0 Å². The second-order valence-electron chi connectivity index (χ2n) is 7.52. The minimum Gasteiger partial charge on any atom is -0.454 e. The van der Waals surface area contributed by atoms with Gasteiger partial charge in [-0.25, -0.2) is 0 Å². The molecule has 0 saturated carbocycles. The second-order valence-corrected chi connectivity index (χ2v) is 7.52. The van der Waals surface area contributed by atoms with Crippen LogP contribution >= 0.6 is 0 Å². The van der Waals surface area contributed by atoms with Gasteiger partial charge in [0, 0.05) is 38.3 Å². The van der Waals surface area contributed by atoms with Crippen LogP contribution in [0.1, 0.15) is 31.7 Å². The first-order valence-corrected chi connectivity index (χ1v) is 9.89. The molecule has 4 rings (SSSR count). The molecule has 3 aliphatic rings. The molecule has 3 heterocycles. The van der Waals surface area contributed by atoms with Gasteiger partial charge in [0.25, 0.3) is 0 Å². The van der Waals surface area contributed by atoms with Crippen molar-refractivity contribution in [3.8, 4) is 11.5 Å². The van der Waals surface area contributed by atoms with Gasteiger partial charge < -0.3 is 29.5 Å². The summed E-state index contributed by atoms with van der Waals surface area (Å²) in [7, 11) is 0. The molecule has 0 bridgehead atoms. The van der Waals surface area contributed by atoms with Crippen LogP contribution in [0.15, 0.2) is 23.2 Å². The molecule has 27 heavy (non-hydrogen) atoms. The number of guanidine groups is 1. The highest BCUT2D eigenvalue weighted by atomic mass is 16.7. The number of aliphatic hydroxyl groups is 1. The Kier molecular flexibility index (Phi) is 5.41. The SMILES string of the molecule is CCNC(=NCC1(c2ccc3c(c2)OCO3)CCOCC1)N1CC[C@@H](O)C1. The minimum atomic E-state index is -0.264. The maximum atomic E-state index is 9.89. The fraction of sp³-hybridized carbons (Fsp3) is 0.650. The molecule has 0 radical (unpaired) electrons. The summed E-state index contributed by atoms with van der Waals surface area (Å²) in [5, 5.41) is 13.3. The zero-order valence-corrected chi connectivity index (χ0v) is 15.9. The third kappa shape index (κ3) is 3.84. The molecule has 1 aromatic carbocycles. The maximum absolute atomic E-state index is 9.89. The quantitative estimate of drug-likeness (QED) is 0.614. The van der Waals surface area contributed by atoms with Crippen molar-refractivity contribution >= 4 is 5.96 Å². The van der Waals surface area contributed by atoms with Gasteiger partial charge in [-0.15, -0.1) is 0 Å². The lowest BCUT2D eigenvalue weighted by molar-refractivity contribution is 0.0529. The van der Waals surface area contributed by atoms with Crippen LogP contribution in [0.25, 0.3) is 0 Å². The fourth-order valence-electron chi connectivity index (χ4n) is 4.11. The Hall–Kier alpha value is -1.99. The first-order chi connectivity index (χ1) is 13.2. The summed E-state index contributed by atoms with van der Waals surface area (Å²) in [6.45, 7) is 6.82. The monoisotopic (exact) mass is 375 g/mol. The van der Waals surface area contributed by atoms with Crippen molar-refractivity contribution in [3.63, 3.8) is 0 Å². The lowest BCUT2D eigenvalue weighted by Gasteiger charge is -2.37. The Bertz CT molecular complexity index is 688. The first kappa shape index (κ1) is 18.4. The Morgan fingerprint density at radius 1 is 1.30 bits per heavy atom. The molecule has 7 heteroatoms. The number of nitrogens with zero attached hydrogens (tertiary/aromatic N) is 2. The lowest BCUT2D eigenvalue weighted by Crippen LogP contribution is -2.43. The Morgan fingerprint density at radius 3 is 2.85 bits per heavy atom. The number of hydrogen-bond acceptors (Lipinski definition) is 5. The summed E-state index contributed by atoms with van der Waals surface area (Å²) >= 11 is 0. The number of ether oxygens (including phenoxy) is 3. The summed E-state index contributed by atoms with van der Waals surface area (Å²) in [6, 6.07) is 6.25. The van der Waals surface area contributed by atoms with Crippen LogP contribution in [0.2, 0.25) is 0 Å². The molecule has 1 aromatic rings. The van der Waals surface area contributed by atoms with E-state index in [0.29, 0.717) is 13.1 Å². The molecule has 0 aliphatic carbocycles. The average molecular weight is 375 g/mol. The van der Waals surface area contributed by atoms with Gasteiger partial charge >= 0.3 is 0 Å². The number of nitrogens with one attached hydrogen (secondary N) is 1. The fourth-order valence-corrected chi connectivity index (χ4v) is 4.11. The molecule has 1 atom stereocenters. The molecule has 2 fully saturated rings. The Labute approximate surface area is 160 Å². The Balaban J connectivity index is 1.59. The standard InChI is InChI=1S/C20H29N3O4/c1-2-21-19(23-8-5-16(24)12-23)22-13-20(6-9-25-10-7-20)15-3-4-17-18(11-15)27-14-26-17/h3-4,11,16,24H,2,5-10,12-14H2,1H3,(H,21,22)/t16-/m1/s1. The van der Waals surface area contributed by atoms with Crippen molar-refractivity contribution in [1.29, 1.82) is 0 Å². The molecule has 0 aromatic heterocycles. The largest absolute Gasteiger partial charge is 0.454 e. The topological polar surface area (TPSA) is 75.6 Å². The van der Waals surface area contributed by atoms with Crippen molar-refractivity contribution in [1.82, 2.24) is 10.2 Å². The summed E-state index contributed by atoms with van der Waals surface area (Å²) in [5.74, 6) is 2.52. The number of benzene rings is 1. The first-order valence-electron chi connectivity index (χ1n) is 9.89. The summed E-state index contributed by atoms with van der Waals surface area (Å²) in [6.07, 6.45) is 2.39. The molecule has 0 unspecified atom stereocenters. The van der Waals surface area contributed by atoms with E-state index in [-0.39, 0.29) is 18.3 Å². The number of fused-ring (bicyclic) bond motifs is 1. The smallest absolute Gasteiger partial charge is 0.231 e. The van der Waals surface area contributed by atoms with E-state index in [4.69, 9.17) is 19.2 Å². The van der Waals surface area contributed by atoms with Crippen molar-refractivity contribution in [3.05, 3.63) is 23.8 Å². The van der Waals surface area contributed by atoms with Crippen molar-refractivity contribution in [2.75, 3.05) is 46.2 Å². The van der Waals surface area contributed by atoms with E-state index in [1.807, 2.05) is 6.07 Å². The molecule has 2 N–H and O–H groups in total. The molecule has 2 saturated heterocycles. The molecule has 148 valence electrons. The van der Waals surface area contributed by atoms with E-state index in [1.165, 1.54) is 5.56 Å². The summed E-state index contributed by atoms with van der Waals surface area (Å²) < 4.78 is 16.7. The van der Waals surface area contributed by atoms with Gasteiger partial charge in [0.05, 0.1) is 12.6 Å². The minimum absolute atomic E-state index is 0.0712. The highest BCUT2D eigenvalue weighted by Gasteiger charge is 2.36. The van der Waals surface area contributed by atoms with Crippen molar-refractivity contribution in [2.45, 2.75) is 37.7 Å². The highest BCUT2D eigenvalue weighted by Crippen LogP contribution is 2.41. The molecular weight excluding hydrogens is 346 g/mol. The highest BCUT2D eigenvalue weighted by molar-refractivity contribution is 5.80. The van der Waals surface area contributed by atoms with Gasteiger partial charge in [-0.3, -0.25) is 4.99 Å². The number of hydrogen-bond donors (Lipinski definition) is 2. The molecule has 7 nitrogen and oxygen atoms in total. The predicted octanol–water partition coefficient (Wildman–Crippen LogP) is 1.50. The number of aliphatic imine (C=N–C) groups is 1. The van der Waals surface area contributed by atoms with E-state index >= 15 is 0 Å². The summed E-state index contributed by atoms with van der Waals surface area (Å²) in [4.78, 5) is 7.14. The number of β-amino-alcohol motifs (C(OH)–C–C–N with tert-alkyl or cyclic N) is 1. The lowest BCUT2D eigenvalue weighted by atomic mass is 9.74. The third-order valence-electron chi connectivity index (χ3n) is 5.76. The summed E-state index contributed by atoms with van der Waals surface area (Å²) in [5.41, 5.74) is 1.16. The maximum Gasteiger partial charge on any atom is 0.231 e. The van der Waals surface area contributed by atoms with Gasteiger partial charge in [-0.05, 0) is 43.9 Å². The van der Waals surface area contributed by atoms with Crippen LogP contribution < -0.4 is 14.8 Å². The van der Waals surface area contributed by atoms with Crippen LogP contribution in [0.3, 0.4) is 0 Å². The number of rotatable bonds is 4.